The summed E-state index contributed by atoms with van der Waals surface area (Å²) in [4.78, 5) is 12.4. The van der Waals surface area contributed by atoms with Gasteiger partial charge in [-0.15, -0.1) is 0 Å². The van der Waals surface area contributed by atoms with Gasteiger partial charge >= 0.3 is 0 Å². The Hall–Kier alpha value is -1.39. The smallest absolute Gasteiger partial charge is 0.220 e. The van der Waals surface area contributed by atoms with E-state index in [1.54, 1.807) is 6.08 Å². The third-order valence-corrected chi connectivity index (χ3v) is 11.6. The van der Waals surface area contributed by atoms with Crippen molar-refractivity contribution in [2.75, 3.05) is 6.61 Å². The van der Waals surface area contributed by atoms with E-state index >= 15 is 0 Å². The predicted molar refractivity (Wildman–Crippen MR) is 248 cm³/mol. The van der Waals surface area contributed by atoms with Crippen LogP contribution in [0, 0.1) is 0 Å². The van der Waals surface area contributed by atoms with Crippen LogP contribution < -0.4 is 5.32 Å². The Kier molecular flexibility index (Phi) is 46.8. The predicted octanol–water partition coefficient (Wildman–Crippen LogP) is 16.1. The summed E-state index contributed by atoms with van der Waals surface area (Å²) in [6.45, 7) is 4.32. The Bertz CT molecular complexity index is 851. The van der Waals surface area contributed by atoms with Gasteiger partial charge in [-0.1, -0.05) is 243 Å². The van der Waals surface area contributed by atoms with Gasteiger partial charge in [-0.05, 0) is 57.8 Å². The minimum absolute atomic E-state index is 0.0712. The molecule has 0 aromatic rings. The minimum Gasteiger partial charge on any atom is -0.394 e. The molecule has 56 heavy (non-hydrogen) atoms. The number of carbonyl (C=O) groups is 1. The molecule has 0 aromatic carbocycles. The molecule has 0 saturated carbocycles. The summed E-state index contributed by atoms with van der Waals surface area (Å²) in [6, 6.07) is -0.638. The fourth-order valence-corrected chi connectivity index (χ4v) is 7.72. The summed E-state index contributed by atoms with van der Waals surface area (Å²) >= 11 is 0. The number of aliphatic hydroxyl groups excluding tert-OH is 2. The maximum Gasteiger partial charge on any atom is 0.220 e. The molecular formula is C52H99NO3. The molecule has 0 aliphatic carbocycles. The van der Waals surface area contributed by atoms with Gasteiger partial charge in [0.2, 0.25) is 5.91 Å². The quantitative estimate of drug-likeness (QED) is 0.0425. The van der Waals surface area contributed by atoms with Crippen LogP contribution in [0.2, 0.25) is 0 Å². The zero-order valence-corrected chi connectivity index (χ0v) is 37.9. The Morgan fingerprint density at radius 2 is 0.696 bits per heavy atom. The van der Waals surface area contributed by atoms with Crippen LogP contribution in [0.3, 0.4) is 0 Å². The van der Waals surface area contributed by atoms with E-state index in [4.69, 9.17) is 0 Å². The average molecular weight is 786 g/mol. The lowest BCUT2D eigenvalue weighted by Gasteiger charge is -2.19. The third-order valence-electron chi connectivity index (χ3n) is 11.6. The maximum absolute atomic E-state index is 12.4. The van der Waals surface area contributed by atoms with E-state index in [-0.39, 0.29) is 12.5 Å². The first kappa shape index (κ1) is 54.6. The van der Waals surface area contributed by atoms with Gasteiger partial charge in [-0.3, -0.25) is 4.79 Å². The number of aliphatic hydroxyl groups is 2. The van der Waals surface area contributed by atoms with Crippen molar-refractivity contribution in [1.29, 1.82) is 0 Å². The normalized spacial score (nSPS) is 13.1. The fraction of sp³-hybridized carbons (Fsp3) is 0.865. The van der Waals surface area contributed by atoms with Gasteiger partial charge in [0.05, 0.1) is 18.8 Å². The van der Waals surface area contributed by atoms with E-state index in [1.165, 1.54) is 218 Å². The van der Waals surface area contributed by atoms with E-state index in [1.807, 2.05) is 6.08 Å². The number of unbranched alkanes of at least 4 members (excludes halogenated alkanes) is 35. The number of hydrogen-bond donors (Lipinski definition) is 3. The average Bonchev–Trinajstić information content (AvgIpc) is 3.20. The Morgan fingerprint density at radius 1 is 0.411 bits per heavy atom. The molecule has 0 aliphatic rings. The van der Waals surface area contributed by atoms with E-state index in [2.05, 4.69) is 43.5 Å². The highest BCUT2D eigenvalue weighted by Gasteiger charge is 2.17. The molecule has 0 saturated heterocycles. The second kappa shape index (κ2) is 48.0. The van der Waals surface area contributed by atoms with Crippen LogP contribution >= 0.6 is 0 Å². The molecule has 0 heterocycles. The Morgan fingerprint density at radius 3 is 1.04 bits per heavy atom. The molecular weight excluding hydrogens is 687 g/mol. The van der Waals surface area contributed by atoms with Crippen molar-refractivity contribution in [3.05, 3.63) is 36.5 Å². The standard InChI is InChI=1S/C52H99NO3/c1-3-5-7-9-11-13-15-17-19-21-23-24-25-26-27-28-30-32-34-36-38-40-42-44-46-48-52(56)53-50(49-54)51(55)47-45-43-41-39-37-35-33-31-29-22-20-18-16-14-12-10-8-6-4-2/h21,23,37,39,45,47,50-51,54-55H,3-20,22,24-36,38,40-44,46,48-49H2,1-2H3,(H,53,56)/b23-21-,39-37+,47-45+. The molecule has 0 fully saturated rings. The number of hydrogen-bond acceptors (Lipinski definition) is 3. The molecule has 0 aliphatic heterocycles. The van der Waals surface area contributed by atoms with Gasteiger partial charge in [-0.2, -0.15) is 0 Å². The van der Waals surface area contributed by atoms with Crippen molar-refractivity contribution in [3.8, 4) is 0 Å². The first-order valence-electron chi connectivity index (χ1n) is 25.2. The molecule has 2 atom stereocenters. The lowest BCUT2D eigenvalue weighted by atomic mass is 10.0. The van der Waals surface area contributed by atoms with Crippen molar-refractivity contribution in [2.24, 2.45) is 0 Å². The lowest BCUT2D eigenvalue weighted by Crippen LogP contribution is -2.45. The van der Waals surface area contributed by atoms with Crippen molar-refractivity contribution < 1.29 is 15.0 Å². The van der Waals surface area contributed by atoms with Crippen molar-refractivity contribution >= 4 is 5.91 Å². The fourth-order valence-electron chi connectivity index (χ4n) is 7.72. The summed E-state index contributed by atoms with van der Waals surface area (Å²) in [5, 5.41) is 23.1. The number of rotatable bonds is 46. The van der Waals surface area contributed by atoms with Crippen molar-refractivity contribution in [2.45, 2.75) is 283 Å². The van der Waals surface area contributed by atoms with Crippen LogP contribution in [0.4, 0.5) is 0 Å². The number of amides is 1. The second-order valence-electron chi connectivity index (χ2n) is 17.2. The molecule has 1 amide bonds. The van der Waals surface area contributed by atoms with Crippen LogP contribution in [0.15, 0.2) is 36.5 Å². The van der Waals surface area contributed by atoms with Gasteiger partial charge in [-0.25, -0.2) is 0 Å². The zero-order valence-electron chi connectivity index (χ0n) is 37.9. The van der Waals surface area contributed by atoms with Gasteiger partial charge in [0, 0.05) is 6.42 Å². The maximum atomic E-state index is 12.4. The highest BCUT2D eigenvalue weighted by Crippen LogP contribution is 2.16. The van der Waals surface area contributed by atoms with Gasteiger partial charge < -0.3 is 15.5 Å². The molecule has 4 heteroatoms. The van der Waals surface area contributed by atoms with Crippen molar-refractivity contribution in [1.82, 2.24) is 5.32 Å². The lowest BCUT2D eigenvalue weighted by molar-refractivity contribution is -0.123. The third kappa shape index (κ3) is 43.7. The van der Waals surface area contributed by atoms with Crippen LogP contribution in [0.5, 0.6) is 0 Å². The summed E-state index contributed by atoms with van der Waals surface area (Å²) < 4.78 is 0. The van der Waals surface area contributed by atoms with E-state index in [0.717, 1.165) is 32.1 Å². The summed E-state index contributed by atoms with van der Waals surface area (Å²) in [5.74, 6) is -0.0712. The SMILES string of the molecule is CCCCCCCCCC/C=C\CCCCCCCCCCCCCCCC(=O)NC(CO)C(O)/C=C/CC/C=C/CCCCCCCCCCCCCCC. The summed E-state index contributed by atoms with van der Waals surface area (Å²) in [6.07, 6.45) is 64.2. The van der Waals surface area contributed by atoms with Crippen LogP contribution in [0.25, 0.3) is 0 Å². The Labute approximate surface area is 351 Å². The number of allylic oxidation sites excluding steroid dienone is 5. The van der Waals surface area contributed by atoms with Gasteiger partial charge in [0.1, 0.15) is 0 Å². The number of carbonyl (C=O) groups excluding carboxylic acids is 1. The largest absolute Gasteiger partial charge is 0.394 e. The van der Waals surface area contributed by atoms with E-state index < -0.39 is 12.1 Å². The highest BCUT2D eigenvalue weighted by atomic mass is 16.3. The molecule has 2 unspecified atom stereocenters. The monoisotopic (exact) mass is 786 g/mol. The van der Waals surface area contributed by atoms with Gasteiger partial charge in [0.15, 0.2) is 0 Å². The topological polar surface area (TPSA) is 69.6 Å². The van der Waals surface area contributed by atoms with Crippen LogP contribution in [0.1, 0.15) is 271 Å². The molecule has 0 rings (SSSR count). The zero-order chi connectivity index (χ0) is 40.7. The first-order chi connectivity index (χ1) is 27.7. The summed E-state index contributed by atoms with van der Waals surface area (Å²) in [7, 11) is 0. The molecule has 0 spiro atoms. The molecule has 0 bridgehead atoms. The Balaban J connectivity index is 3.54. The molecule has 3 N–H and O–H groups in total. The van der Waals surface area contributed by atoms with E-state index in [9.17, 15) is 15.0 Å². The second-order valence-corrected chi connectivity index (χ2v) is 17.2. The minimum atomic E-state index is -0.861. The van der Waals surface area contributed by atoms with Crippen LogP contribution in [-0.4, -0.2) is 34.9 Å². The first-order valence-corrected chi connectivity index (χ1v) is 25.2. The molecule has 0 aromatic heterocycles. The van der Waals surface area contributed by atoms with E-state index in [0.29, 0.717) is 6.42 Å². The molecule has 0 radical (unpaired) electrons. The molecule has 330 valence electrons. The van der Waals surface area contributed by atoms with Crippen LogP contribution in [-0.2, 0) is 4.79 Å². The van der Waals surface area contributed by atoms with Crippen molar-refractivity contribution in [3.63, 3.8) is 0 Å². The number of nitrogens with one attached hydrogen (secondary N) is 1. The molecule has 4 nitrogen and oxygen atoms in total. The highest BCUT2D eigenvalue weighted by molar-refractivity contribution is 5.76. The summed E-state index contributed by atoms with van der Waals surface area (Å²) in [5.41, 5.74) is 0. The van der Waals surface area contributed by atoms with Gasteiger partial charge in [0.25, 0.3) is 0 Å².